The molecule has 1 saturated heterocycles. The first-order valence-electron chi connectivity index (χ1n) is 8.31. The lowest BCUT2D eigenvalue weighted by Crippen LogP contribution is -2.38. The number of hydrogen-bond donors (Lipinski definition) is 1. The van der Waals surface area contributed by atoms with Gasteiger partial charge in [-0.15, -0.1) is 10.2 Å². The smallest absolute Gasteiger partial charge is 0.269 e. The molecule has 0 saturated carbocycles. The van der Waals surface area contributed by atoms with Gasteiger partial charge in [0, 0.05) is 20.5 Å². The molecule has 1 N–H and O–H groups in total. The van der Waals surface area contributed by atoms with E-state index >= 15 is 0 Å². The van der Waals surface area contributed by atoms with Crippen molar-refractivity contribution >= 4 is 5.91 Å². The van der Waals surface area contributed by atoms with E-state index < -0.39 is 0 Å². The molecule has 0 atom stereocenters. The van der Waals surface area contributed by atoms with Crippen molar-refractivity contribution in [1.82, 2.24) is 30.2 Å². The Bertz CT molecular complexity index is 699. The molecule has 0 spiro atoms. The number of aryl methyl sites for hydroxylation is 3. The van der Waals surface area contributed by atoms with Gasteiger partial charge in [0.25, 0.3) is 5.91 Å². The van der Waals surface area contributed by atoms with E-state index in [1.54, 1.807) is 18.7 Å². The summed E-state index contributed by atoms with van der Waals surface area (Å²) < 4.78 is 7.05. The van der Waals surface area contributed by atoms with E-state index in [9.17, 15) is 4.79 Å². The van der Waals surface area contributed by atoms with Crippen LogP contribution in [0.2, 0.25) is 0 Å². The first-order chi connectivity index (χ1) is 11.5. The molecule has 0 bridgehead atoms. The van der Waals surface area contributed by atoms with Crippen LogP contribution >= 0.6 is 0 Å². The predicted octanol–water partition coefficient (Wildman–Crippen LogP) is 1.06. The van der Waals surface area contributed by atoms with E-state index in [-0.39, 0.29) is 5.91 Å². The van der Waals surface area contributed by atoms with Gasteiger partial charge in [0.2, 0.25) is 11.8 Å². The fourth-order valence-electron chi connectivity index (χ4n) is 3.09. The molecule has 8 nitrogen and oxygen atoms in total. The molecule has 1 amide bonds. The van der Waals surface area contributed by atoms with Crippen LogP contribution in [0.25, 0.3) is 0 Å². The molecule has 3 rings (SSSR count). The lowest BCUT2D eigenvalue weighted by atomic mass is 9.97. The summed E-state index contributed by atoms with van der Waals surface area (Å²) in [6.07, 6.45) is 2.11. The van der Waals surface area contributed by atoms with Gasteiger partial charge in [-0.05, 0) is 44.8 Å². The summed E-state index contributed by atoms with van der Waals surface area (Å²) in [5, 5.41) is 15.1. The number of amides is 1. The van der Waals surface area contributed by atoms with Gasteiger partial charge in [-0.3, -0.25) is 14.4 Å². The van der Waals surface area contributed by atoms with Crippen LogP contribution in [0.4, 0.5) is 0 Å². The van der Waals surface area contributed by atoms with Gasteiger partial charge >= 0.3 is 0 Å². The Morgan fingerprint density at radius 1 is 1.33 bits per heavy atom. The molecule has 3 heterocycles. The number of rotatable bonds is 5. The van der Waals surface area contributed by atoms with Crippen LogP contribution < -0.4 is 5.32 Å². The van der Waals surface area contributed by atoms with Crippen LogP contribution in [0.1, 0.15) is 40.8 Å². The van der Waals surface area contributed by atoms with Gasteiger partial charge in [0.1, 0.15) is 5.69 Å². The fourth-order valence-corrected chi connectivity index (χ4v) is 3.09. The summed E-state index contributed by atoms with van der Waals surface area (Å²) in [5.41, 5.74) is 1.46. The van der Waals surface area contributed by atoms with Gasteiger partial charge in [0.15, 0.2) is 0 Å². The zero-order valence-electron chi connectivity index (χ0n) is 14.4. The first kappa shape index (κ1) is 16.6. The third-order valence-electron chi connectivity index (χ3n) is 4.42. The van der Waals surface area contributed by atoms with Gasteiger partial charge in [0.05, 0.1) is 12.2 Å². The van der Waals surface area contributed by atoms with E-state index in [1.165, 1.54) is 0 Å². The highest BCUT2D eigenvalue weighted by molar-refractivity contribution is 5.92. The molecule has 0 aliphatic carbocycles. The summed E-state index contributed by atoms with van der Waals surface area (Å²) >= 11 is 0. The summed E-state index contributed by atoms with van der Waals surface area (Å²) in [5.74, 6) is 1.73. The Kier molecular flexibility index (Phi) is 4.94. The maximum atomic E-state index is 12.2. The minimum atomic E-state index is -0.0538. The number of piperidine rings is 1. The summed E-state index contributed by atoms with van der Waals surface area (Å²) in [4.78, 5) is 14.5. The Morgan fingerprint density at radius 2 is 2.08 bits per heavy atom. The average molecular weight is 332 g/mol. The van der Waals surface area contributed by atoms with Crippen LogP contribution in [0.15, 0.2) is 10.5 Å². The quantitative estimate of drug-likeness (QED) is 0.881. The van der Waals surface area contributed by atoms with Crippen molar-refractivity contribution in [2.24, 2.45) is 13.0 Å². The lowest BCUT2D eigenvalue weighted by molar-refractivity contribution is 0.0924. The number of nitrogens with one attached hydrogen (secondary N) is 1. The molecule has 1 fully saturated rings. The van der Waals surface area contributed by atoms with E-state index in [0.717, 1.165) is 31.6 Å². The second kappa shape index (κ2) is 7.12. The predicted molar refractivity (Wildman–Crippen MR) is 87.3 cm³/mol. The molecule has 0 aromatic carbocycles. The first-order valence-corrected chi connectivity index (χ1v) is 8.31. The molecule has 1 aliphatic rings. The minimum Gasteiger partial charge on any atom is -0.424 e. The van der Waals surface area contributed by atoms with Gasteiger partial charge in [-0.25, -0.2) is 0 Å². The maximum Gasteiger partial charge on any atom is 0.269 e. The van der Waals surface area contributed by atoms with Crippen molar-refractivity contribution in [2.75, 3.05) is 19.6 Å². The molecule has 2 aromatic heterocycles. The van der Waals surface area contributed by atoms with Crippen LogP contribution in [-0.4, -0.2) is 50.4 Å². The average Bonchev–Trinajstić information content (AvgIpc) is 3.11. The molecule has 1 aliphatic heterocycles. The highest BCUT2D eigenvalue weighted by Crippen LogP contribution is 2.18. The van der Waals surface area contributed by atoms with Crippen molar-refractivity contribution < 1.29 is 9.21 Å². The lowest BCUT2D eigenvalue weighted by Gasteiger charge is -2.30. The highest BCUT2D eigenvalue weighted by atomic mass is 16.4. The Labute approximate surface area is 141 Å². The topological polar surface area (TPSA) is 89.1 Å². The standard InChI is InChI=1S/C16H24N6O2/c1-11-8-14(21(3)20-11)16(23)17-9-13-4-6-22(7-5-13)10-15-19-18-12(2)24-15/h8,13H,4-7,9-10H2,1-3H3,(H,17,23). The molecule has 24 heavy (non-hydrogen) atoms. The number of likely N-dealkylation sites (tertiary alicyclic amines) is 1. The van der Waals surface area contributed by atoms with Crippen LogP contribution in [-0.2, 0) is 13.6 Å². The molecular weight excluding hydrogens is 308 g/mol. The van der Waals surface area contributed by atoms with Crippen LogP contribution in [0.5, 0.6) is 0 Å². The number of hydrogen-bond acceptors (Lipinski definition) is 6. The highest BCUT2D eigenvalue weighted by Gasteiger charge is 2.22. The molecule has 0 unspecified atom stereocenters. The Morgan fingerprint density at radius 3 is 2.67 bits per heavy atom. The number of nitrogens with zero attached hydrogens (tertiary/aromatic N) is 5. The second-order valence-corrected chi connectivity index (χ2v) is 6.44. The SMILES string of the molecule is Cc1cc(C(=O)NCC2CCN(Cc3nnc(C)o3)CC2)n(C)n1. The normalized spacial score (nSPS) is 16.5. The van der Waals surface area contributed by atoms with E-state index in [2.05, 4.69) is 25.5 Å². The zero-order chi connectivity index (χ0) is 17.1. The Hall–Kier alpha value is -2.22. The van der Waals surface area contributed by atoms with Crippen LogP contribution in [0, 0.1) is 19.8 Å². The number of carbonyl (C=O) groups is 1. The molecule has 130 valence electrons. The fraction of sp³-hybridized carbons (Fsp3) is 0.625. The molecule has 0 radical (unpaired) electrons. The summed E-state index contributed by atoms with van der Waals surface area (Å²) in [7, 11) is 1.79. The van der Waals surface area contributed by atoms with Crippen molar-refractivity contribution in [3.63, 3.8) is 0 Å². The third-order valence-corrected chi connectivity index (χ3v) is 4.42. The minimum absolute atomic E-state index is 0.0538. The maximum absolute atomic E-state index is 12.2. The van der Waals surface area contributed by atoms with Crippen molar-refractivity contribution in [3.8, 4) is 0 Å². The van der Waals surface area contributed by atoms with Crippen molar-refractivity contribution in [1.29, 1.82) is 0 Å². The van der Waals surface area contributed by atoms with Gasteiger partial charge < -0.3 is 9.73 Å². The van der Waals surface area contributed by atoms with E-state index in [4.69, 9.17) is 4.42 Å². The summed E-state index contributed by atoms with van der Waals surface area (Å²) in [6.45, 7) is 7.05. The third kappa shape index (κ3) is 4.00. The molecule has 2 aromatic rings. The van der Waals surface area contributed by atoms with E-state index in [1.807, 2.05) is 13.0 Å². The second-order valence-electron chi connectivity index (χ2n) is 6.44. The van der Waals surface area contributed by atoms with Crippen molar-refractivity contribution in [3.05, 3.63) is 29.2 Å². The molecule has 8 heteroatoms. The summed E-state index contributed by atoms with van der Waals surface area (Å²) in [6, 6.07) is 1.81. The molecular formula is C16H24N6O2. The Balaban J connectivity index is 1.42. The van der Waals surface area contributed by atoms with Gasteiger partial charge in [-0.1, -0.05) is 0 Å². The zero-order valence-corrected chi connectivity index (χ0v) is 14.4. The van der Waals surface area contributed by atoms with Gasteiger partial charge in [-0.2, -0.15) is 5.10 Å². The number of carbonyl (C=O) groups excluding carboxylic acids is 1. The number of aromatic nitrogens is 4. The van der Waals surface area contributed by atoms with Crippen molar-refractivity contribution in [2.45, 2.75) is 33.2 Å². The monoisotopic (exact) mass is 332 g/mol. The van der Waals surface area contributed by atoms with E-state index in [0.29, 0.717) is 36.5 Å². The largest absolute Gasteiger partial charge is 0.424 e. The van der Waals surface area contributed by atoms with Crippen LogP contribution in [0.3, 0.4) is 0 Å².